The van der Waals surface area contributed by atoms with Crippen LogP contribution in [0.3, 0.4) is 0 Å². The Morgan fingerprint density at radius 1 is 1.38 bits per heavy atom. The normalized spacial score (nSPS) is 16.1. The maximum absolute atomic E-state index is 4.45. The monoisotopic (exact) mass is 212 g/mol. The van der Waals surface area contributed by atoms with Crippen molar-refractivity contribution >= 4 is 11.8 Å². The summed E-state index contributed by atoms with van der Waals surface area (Å²) >= 11 is 0. The van der Waals surface area contributed by atoms with E-state index in [9.17, 15) is 0 Å². The standard InChI is InChI=1S/C14H16N2/c1-11-12(5-3-9-15-2)7-8-13-6-4-10-16-14(11)13/h3-6,9-10H,7-8H2,1-2H3/b5-3-,15-9+. The van der Waals surface area contributed by atoms with Gasteiger partial charge in [0.25, 0.3) is 0 Å². The molecule has 0 saturated carbocycles. The summed E-state index contributed by atoms with van der Waals surface area (Å²) in [5.74, 6) is 0. The average molecular weight is 212 g/mol. The van der Waals surface area contributed by atoms with Crippen LogP contribution in [0.25, 0.3) is 5.57 Å². The lowest BCUT2D eigenvalue weighted by molar-refractivity contribution is 0.919. The molecule has 0 fully saturated rings. The summed E-state index contributed by atoms with van der Waals surface area (Å²) in [6, 6.07) is 4.18. The summed E-state index contributed by atoms with van der Waals surface area (Å²) in [6.07, 6.45) is 9.99. The molecule has 0 atom stereocenters. The first-order valence-corrected chi connectivity index (χ1v) is 5.56. The van der Waals surface area contributed by atoms with Crippen molar-refractivity contribution in [1.29, 1.82) is 0 Å². The molecule has 2 rings (SSSR count). The number of hydrogen-bond donors (Lipinski definition) is 0. The predicted molar refractivity (Wildman–Crippen MR) is 68.7 cm³/mol. The Labute approximate surface area is 96.4 Å². The lowest BCUT2D eigenvalue weighted by Crippen LogP contribution is -2.04. The Bertz CT molecular complexity index is 467. The molecule has 0 spiro atoms. The van der Waals surface area contributed by atoms with Gasteiger partial charge in [0, 0.05) is 19.5 Å². The van der Waals surface area contributed by atoms with E-state index in [4.69, 9.17) is 0 Å². The minimum Gasteiger partial charge on any atom is -0.297 e. The van der Waals surface area contributed by atoms with Crippen molar-refractivity contribution in [3.63, 3.8) is 0 Å². The van der Waals surface area contributed by atoms with Crippen LogP contribution in [0.4, 0.5) is 0 Å². The van der Waals surface area contributed by atoms with E-state index >= 15 is 0 Å². The lowest BCUT2D eigenvalue weighted by atomic mass is 9.90. The molecule has 1 aliphatic rings. The molecule has 0 saturated heterocycles. The minimum absolute atomic E-state index is 1.09. The van der Waals surface area contributed by atoms with Gasteiger partial charge in [-0.15, -0.1) is 0 Å². The molecule has 0 bridgehead atoms. The fourth-order valence-corrected chi connectivity index (χ4v) is 2.04. The third-order valence-electron chi connectivity index (χ3n) is 2.92. The Kier molecular flexibility index (Phi) is 3.30. The molecular formula is C14H16N2. The summed E-state index contributed by atoms with van der Waals surface area (Å²) < 4.78 is 0. The van der Waals surface area contributed by atoms with Gasteiger partial charge in [0.2, 0.25) is 0 Å². The van der Waals surface area contributed by atoms with E-state index in [-0.39, 0.29) is 0 Å². The van der Waals surface area contributed by atoms with Gasteiger partial charge in [0.1, 0.15) is 0 Å². The smallest absolute Gasteiger partial charge is 0.0693 e. The van der Waals surface area contributed by atoms with Crippen molar-refractivity contribution in [3.05, 3.63) is 47.3 Å². The van der Waals surface area contributed by atoms with Gasteiger partial charge in [-0.3, -0.25) is 9.98 Å². The van der Waals surface area contributed by atoms with Gasteiger partial charge in [0.05, 0.1) is 5.69 Å². The van der Waals surface area contributed by atoms with Crippen molar-refractivity contribution in [2.45, 2.75) is 19.8 Å². The number of rotatable bonds is 2. The molecule has 1 aromatic heterocycles. The number of aromatic nitrogens is 1. The third kappa shape index (κ3) is 2.11. The second kappa shape index (κ2) is 4.88. The van der Waals surface area contributed by atoms with Crippen LogP contribution in [-0.2, 0) is 6.42 Å². The molecule has 1 aliphatic carbocycles. The maximum atomic E-state index is 4.45. The molecule has 0 amide bonds. The number of fused-ring (bicyclic) bond motifs is 1. The van der Waals surface area contributed by atoms with Gasteiger partial charge in [-0.25, -0.2) is 0 Å². The molecule has 0 unspecified atom stereocenters. The second-order valence-electron chi connectivity index (χ2n) is 3.93. The van der Waals surface area contributed by atoms with E-state index in [1.807, 2.05) is 24.6 Å². The molecular weight excluding hydrogens is 196 g/mol. The maximum Gasteiger partial charge on any atom is 0.0693 e. The van der Waals surface area contributed by atoms with E-state index in [1.165, 1.54) is 16.7 Å². The first-order chi connectivity index (χ1) is 7.83. The molecule has 2 heteroatoms. The van der Waals surface area contributed by atoms with Gasteiger partial charge >= 0.3 is 0 Å². The first-order valence-electron chi connectivity index (χ1n) is 5.56. The Morgan fingerprint density at radius 3 is 3.06 bits per heavy atom. The van der Waals surface area contributed by atoms with Crippen molar-refractivity contribution < 1.29 is 0 Å². The fourth-order valence-electron chi connectivity index (χ4n) is 2.04. The number of aliphatic imine (C=N–C) groups is 1. The molecule has 0 N–H and O–H groups in total. The SMILES string of the molecule is C/N=C/C=C\C1=C(C)c2ncccc2CC1. The Morgan fingerprint density at radius 2 is 2.25 bits per heavy atom. The minimum atomic E-state index is 1.09. The zero-order valence-corrected chi connectivity index (χ0v) is 9.77. The highest BCUT2D eigenvalue weighted by atomic mass is 14.7. The zero-order valence-electron chi connectivity index (χ0n) is 9.77. The van der Waals surface area contributed by atoms with Gasteiger partial charge in [0.15, 0.2) is 0 Å². The molecule has 1 heterocycles. The number of hydrogen-bond acceptors (Lipinski definition) is 2. The number of allylic oxidation sites excluding steroid dienone is 4. The number of aryl methyl sites for hydroxylation is 1. The molecule has 82 valence electrons. The van der Waals surface area contributed by atoms with Crippen LogP contribution in [0.15, 0.2) is 41.0 Å². The molecule has 16 heavy (non-hydrogen) atoms. The van der Waals surface area contributed by atoms with Crippen LogP contribution in [0.1, 0.15) is 24.6 Å². The van der Waals surface area contributed by atoms with E-state index < -0.39 is 0 Å². The van der Waals surface area contributed by atoms with E-state index in [0.29, 0.717) is 0 Å². The highest BCUT2D eigenvalue weighted by Crippen LogP contribution is 2.29. The predicted octanol–water partition coefficient (Wildman–Crippen LogP) is 3.06. The highest BCUT2D eigenvalue weighted by Gasteiger charge is 2.14. The van der Waals surface area contributed by atoms with E-state index in [2.05, 4.69) is 29.0 Å². The van der Waals surface area contributed by atoms with Crippen molar-refractivity contribution in [1.82, 2.24) is 4.98 Å². The van der Waals surface area contributed by atoms with Crippen molar-refractivity contribution in [3.8, 4) is 0 Å². The molecule has 2 nitrogen and oxygen atoms in total. The van der Waals surface area contributed by atoms with Gasteiger partial charge < -0.3 is 0 Å². The summed E-state index contributed by atoms with van der Waals surface area (Å²) in [7, 11) is 1.78. The van der Waals surface area contributed by atoms with Gasteiger partial charge in [-0.1, -0.05) is 12.1 Å². The molecule has 0 aromatic carbocycles. The van der Waals surface area contributed by atoms with Crippen LogP contribution in [0.5, 0.6) is 0 Å². The number of pyridine rings is 1. The van der Waals surface area contributed by atoms with Crippen molar-refractivity contribution in [2.75, 3.05) is 7.05 Å². The number of nitrogens with zero attached hydrogens (tertiary/aromatic N) is 2. The summed E-state index contributed by atoms with van der Waals surface area (Å²) in [4.78, 5) is 8.39. The van der Waals surface area contributed by atoms with Gasteiger partial charge in [-0.2, -0.15) is 0 Å². The summed E-state index contributed by atoms with van der Waals surface area (Å²) in [6.45, 7) is 2.15. The van der Waals surface area contributed by atoms with Crippen molar-refractivity contribution in [2.24, 2.45) is 4.99 Å². The van der Waals surface area contributed by atoms with E-state index in [0.717, 1.165) is 18.5 Å². The van der Waals surface area contributed by atoms with Crippen LogP contribution in [0, 0.1) is 0 Å². The van der Waals surface area contributed by atoms with Gasteiger partial charge in [-0.05, 0) is 48.6 Å². The first kappa shape index (κ1) is 10.8. The molecule has 1 aromatic rings. The van der Waals surface area contributed by atoms with Crippen LogP contribution in [0.2, 0.25) is 0 Å². The largest absolute Gasteiger partial charge is 0.297 e. The topological polar surface area (TPSA) is 25.2 Å². The third-order valence-corrected chi connectivity index (χ3v) is 2.92. The molecule has 0 aliphatic heterocycles. The molecule has 0 radical (unpaired) electrons. The Hall–Kier alpha value is -1.70. The second-order valence-corrected chi connectivity index (χ2v) is 3.93. The fraction of sp³-hybridized carbons (Fsp3) is 0.286. The van der Waals surface area contributed by atoms with Crippen LogP contribution >= 0.6 is 0 Å². The van der Waals surface area contributed by atoms with Crippen LogP contribution in [-0.4, -0.2) is 18.2 Å². The Balaban J connectivity index is 2.35. The summed E-state index contributed by atoms with van der Waals surface area (Å²) in [5.41, 5.74) is 5.18. The van der Waals surface area contributed by atoms with E-state index in [1.54, 1.807) is 7.05 Å². The van der Waals surface area contributed by atoms with Crippen LogP contribution < -0.4 is 0 Å². The average Bonchev–Trinajstić information content (AvgIpc) is 2.33. The quantitative estimate of drug-likeness (QED) is 0.692. The zero-order chi connectivity index (χ0) is 11.4. The summed E-state index contributed by atoms with van der Waals surface area (Å²) in [5, 5.41) is 0. The lowest BCUT2D eigenvalue weighted by Gasteiger charge is -2.17. The highest BCUT2D eigenvalue weighted by molar-refractivity contribution is 5.76.